The van der Waals surface area contributed by atoms with Crippen LogP contribution in [0.5, 0.6) is 17.2 Å². The number of carbonyl (C=O) groups excluding carboxylic acids is 1. The Morgan fingerprint density at radius 1 is 0.957 bits per heavy atom. The molecule has 0 saturated heterocycles. The number of ether oxygens (including phenoxy) is 3. The van der Waals surface area contributed by atoms with Gasteiger partial charge < -0.3 is 14.2 Å². The third-order valence-corrected chi connectivity index (χ3v) is 4.64. The van der Waals surface area contributed by atoms with Crippen molar-refractivity contribution in [2.24, 2.45) is 0 Å². The summed E-state index contributed by atoms with van der Waals surface area (Å²) in [5.41, 5.74) is 1.53. The molecule has 23 heavy (non-hydrogen) atoms. The van der Waals surface area contributed by atoms with Crippen molar-refractivity contribution < 1.29 is 19.0 Å². The van der Waals surface area contributed by atoms with Crippen LogP contribution in [0.3, 0.4) is 0 Å². The van der Waals surface area contributed by atoms with E-state index >= 15 is 0 Å². The van der Waals surface area contributed by atoms with Crippen molar-refractivity contribution in [2.75, 3.05) is 21.3 Å². The van der Waals surface area contributed by atoms with E-state index in [-0.39, 0.29) is 33.0 Å². The molecule has 0 saturated carbocycles. The van der Waals surface area contributed by atoms with Crippen LogP contribution in [-0.2, 0) is 0 Å². The van der Waals surface area contributed by atoms with Crippen molar-refractivity contribution in [3.8, 4) is 17.2 Å². The first-order valence-electron chi connectivity index (χ1n) is 6.77. The molecule has 1 unspecified atom stereocenters. The summed E-state index contributed by atoms with van der Waals surface area (Å²) in [7, 11) is 4.63. The maximum atomic E-state index is 12.7. The minimum Gasteiger partial charge on any atom is -0.496 e. The molecule has 2 aromatic rings. The Bertz CT molecular complexity index is 663. The third-order valence-electron chi connectivity index (χ3n) is 3.34. The maximum absolute atomic E-state index is 12.7. The third kappa shape index (κ3) is 4.51. The Balaban J connectivity index is 0.00000264. The smallest absolute Gasteiger partial charge is 0.193 e. The average Bonchev–Trinajstić information content (AvgIpc) is 2.55. The summed E-state index contributed by atoms with van der Waals surface area (Å²) >= 11 is 0. The van der Waals surface area contributed by atoms with Crippen LogP contribution in [0.2, 0.25) is 0 Å². The van der Waals surface area contributed by atoms with Gasteiger partial charge in [-0.15, -0.1) is 0 Å². The van der Waals surface area contributed by atoms with Gasteiger partial charge in [0.2, 0.25) is 0 Å². The fourth-order valence-electron chi connectivity index (χ4n) is 2.13. The second kappa shape index (κ2) is 8.99. The topological polar surface area (TPSA) is 44.8 Å². The number of methoxy groups -OCH3 is 3. The molecule has 0 aromatic heterocycles. The SMILES string of the molecule is COc1cc(OC)c(C(=O)Pc2ccccc2C)c(OC)c1.[Li]. The summed E-state index contributed by atoms with van der Waals surface area (Å²) in [6.07, 6.45) is 0. The number of benzene rings is 2. The van der Waals surface area contributed by atoms with E-state index in [9.17, 15) is 4.79 Å². The van der Waals surface area contributed by atoms with Crippen LogP contribution in [0.1, 0.15) is 15.9 Å². The van der Waals surface area contributed by atoms with Crippen molar-refractivity contribution in [2.45, 2.75) is 6.92 Å². The van der Waals surface area contributed by atoms with Gasteiger partial charge in [0.15, 0.2) is 5.52 Å². The molecule has 0 N–H and O–H groups in total. The van der Waals surface area contributed by atoms with Crippen LogP contribution < -0.4 is 19.5 Å². The first-order valence-corrected chi connectivity index (χ1v) is 7.77. The predicted octanol–water partition coefficient (Wildman–Crippen LogP) is 2.78. The van der Waals surface area contributed by atoms with E-state index < -0.39 is 0 Å². The fourth-order valence-corrected chi connectivity index (χ4v) is 3.20. The van der Waals surface area contributed by atoms with Gasteiger partial charge in [-0.3, -0.25) is 4.79 Å². The van der Waals surface area contributed by atoms with Gasteiger partial charge in [0.05, 0.1) is 21.3 Å². The normalized spacial score (nSPS) is 10.3. The fraction of sp³-hybridized carbons (Fsp3) is 0.235. The van der Waals surface area contributed by atoms with Gasteiger partial charge in [-0.25, -0.2) is 0 Å². The van der Waals surface area contributed by atoms with Crippen LogP contribution in [0, 0.1) is 6.92 Å². The summed E-state index contributed by atoms with van der Waals surface area (Å²) < 4.78 is 15.9. The zero-order valence-electron chi connectivity index (χ0n) is 14.1. The van der Waals surface area contributed by atoms with Gasteiger partial charge in [-0.05, 0) is 26.4 Å². The second-order valence-electron chi connectivity index (χ2n) is 4.68. The molecule has 0 spiro atoms. The van der Waals surface area contributed by atoms with E-state index in [1.165, 1.54) is 14.2 Å². The zero-order chi connectivity index (χ0) is 16.1. The molecule has 1 atom stereocenters. The van der Waals surface area contributed by atoms with Crippen molar-refractivity contribution in [1.29, 1.82) is 0 Å². The maximum Gasteiger partial charge on any atom is 0.193 e. The molecule has 0 heterocycles. The molecular weight excluding hydrogens is 306 g/mol. The molecule has 2 aromatic carbocycles. The molecular formula is C17H19LiO4P. The molecule has 0 aliphatic rings. The average molecular weight is 325 g/mol. The minimum absolute atomic E-state index is 0. The van der Waals surface area contributed by atoms with Crippen molar-refractivity contribution >= 4 is 38.3 Å². The predicted molar refractivity (Wildman–Crippen MR) is 95.3 cm³/mol. The van der Waals surface area contributed by atoms with E-state index in [0.717, 1.165) is 10.9 Å². The largest absolute Gasteiger partial charge is 0.496 e. The van der Waals surface area contributed by atoms with E-state index in [2.05, 4.69) is 0 Å². The molecule has 1 radical (unpaired) electrons. The number of carbonyl (C=O) groups is 1. The van der Waals surface area contributed by atoms with Gasteiger partial charge in [-0.1, -0.05) is 24.3 Å². The van der Waals surface area contributed by atoms with Crippen molar-refractivity contribution in [1.82, 2.24) is 0 Å². The Kier molecular flexibility index (Phi) is 7.65. The molecule has 4 nitrogen and oxygen atoms in total. The summed E-state index contributed by atoms with van der Waals surface area (Å²) in [6, 6.07) is 11.2. The monoisotopic (exact) mass is 325 g/mol. The Morgan fingerprint density at radius 3 is 2.00 bits per heavy atom. The van der Waals surface area contributed by atoms with Gasteiger partial charge in [0.1, 0.15) is 22.8 Å². The standard InChI is InChI=1S/C17H19O4P.Li/c1-11-7-5-6-8-15(11)22-17(18)16-13(20-3)9-12(19-2)10-14(16)21-4;/h5-10,22H,1-4H3;. The molecule has 0 aliphatic heterocycles. The van der Waals surface area contributed by atoms with E-state index in [1.807, 2.05) is 31.2 Å². The first-order chi connectivity index (χ1) is 10.6. The molecule has 0 fully saturated rings. The summed E-state index contributed by atoms with van der Waals surface area (Å²) in [5, 5.41) is 1.02. The molecule has 0 aliphatic carbocycles. The molecule has 6 heteroatoms. The van der Waals surface area contributed by atoms with Crippen LogP contribution >= 0.6 is 8.58 Å². The molecule has 117 valence electrons. The van der Waals surface area contributed by atoms with E-state index in [4.69, 9.17) is 14.2 Å². The number of aryl methyl sites for hydroxylation is 1. The molecule has 2 rings (SSSR count). The summed E-state index contributed by atoms with van der Waals surface area (Å²) in [5.74, 6) is 1.51. The summed E-state index contributed by atoms with van der Waals surface area (Å²) in [6.45, 7) is 2.00. The molecule has 0 bridgehead atoms. The van der Waals surface area contributed by atoms with Crippen molar-refractivity contribution in [3.63, 3.8) is 0 Å². The quantitative estimate of drug-likeness (QED) is 0.605. The first kappa shape index (κ1) is 19.6. The van der Waals surface area contributed by atoms with E-state index in [1.54, 1.807) is 19.2 Å². The van der Waals surface area contributed by atoms with Crippen molar-refractivity contribution in [3.05, 3.63) is 47.5 Å². The Morgan fingerprint density at radius 2 is 1.52 bits per heavy atom. The van der Waals surface area contributed by atoms with Gasteiger partial charge in [0, 0.05) is 31.0 Å². The van der Waals surface area contributed by atoms with Gasteiger partial charge >= 0.3 is 0 Å². The van der Waals surface area contributed by atoms with Crippen LogP contribution in [0.25, 0.3) is 0 Å². The Hall–Kier alpha value is -1.46. The minimum atomic E-state index is -0.0225. The zero-order valence-corrected chi connectivity index (χ0v) is 15.1. The second-order valence-corrected chi connectivity index (χ2v) is 5.92. The number of hydrogen-bond donors (Lipinski definition) is 0. The van der Waals surface area contributed by atoms with E-state index in [0.29, 0.717) is 22.8 Å². The number of rotatable bonds is 6. The van der Waals surface area contributed by atoms with Gasteiger partial charge in [-0.2, -0.15) is 0 Å². The van der Waals surface area contributed by atoms with Crippen LogP contribution in [0.15, 0.2) is 36.4 Å². The Labute approximate surface area is 150 Å². The molecule has 0 amide bonds. The van der Waals surface area contributed by atoms with Gasteiger partial charge in [0.25, 0.3) is 0 Å². The van der Waals surface area contributed by atoms with Crippen LogP contribution in [-0.4, -0.2) is 45.7 Å². The summed E-state index contributed by atoms with van der Waals surface area (Å²) in [4.78, 5) is 12.7. The number of hydrogen-bond acceptors (Lipinski definition) is 4. The van der Waals surface area contributed by atoms with Crippen LogP contribution in [0.4, 0.5) is 0 Å².